The van der Waals surface area contributed by atoms with Gasteiger partial charge in [0, 0.05) is 10.6 Å². The Morgan fingerprint density at radius 2 is 2.06 bits per heavy atom. The molecule has 0 aliphatic heterocycles. The van der Waals surface area contributed by atoms with E-state index in [4.69, 9.17) is 23.2 Å². The molecule has 0 N–H and O–H groups in total. The second-order valence-electron chi connectivity index (χ2n) is 2.97. The fraction of sp³-hybridized carbons (Fsp3) is 0.300. The van der Waals surface area contributed by atoms with Crippen molar-refractivity contribution in [2.75, 3.05) is 7.11 Å². The third kappa shape index (κ3) is 3.71. The van der Waals surface area contributed by atoms with E-state index in [9.17, 15) is 13.6 Å². The van der Waals surface area contributed by atoms with E-state index in [0.717, 1.165) is 0 Å². The number of carbonyl (C=O) groups is 1. The van der Waals surface area contributed by atoms with Crippen LogP contribution >= 0.6 is 23.2 Å². The van der Waals surface area contributed by atoms with Crippen molar-refractivity contribution >= 4 is 29.2 Å². The molecule has 0 aliphatic carbocycles. The second-order valence-corrected chi connectivity index (χ2v) is 3.75. The van der Waals surface area contributed by atoms with E-state index in [1.54, 1.807) is 0 Å². The molecule has 0 aliphatic rings. The number of methoxy groups -OCH3 is 1. The Morgan fingerprint density at radius 3 is 2.59 bits per heavy atom. The minimum Gasteiger partial charge on any atom is -0.469 e. The van der Waals surface area contributed by atoms with Crippen molar-refractivity contribution in [1.29, 1.82) is 0 Å². The van der Waals surface area contributed by atoms with Crippen molar-refractivity contribution in [2.24, 2.45) is 0 Å². The van der Waals surface area contributed by atoms with Crippen LogP contribution in [-0.4, -0.2) is 19.7 Å². The summed E-state index contributed by atoms with van der Waals surface area (Å²) in [4.78, 5) is 11.1. The molecule has 0 atom stereocenters. The van der Waals surface area contributed by atoms with Crippen LogP contribution in [0.1, 0.15) is 5.56 Å². The third-order valence-corrected chi connectivity index (χ3v) is 2.68. The highest BCUT2D eigenvalue weighted by Gasteiger charge is 2.17. The lowest BCUT2D eigenvalue weighted by molar-refractivity contribution is -0.139. The van der Waals surface area contributed by atoms with E-state index < -0.39 is 12.6 Å². The predicted octanol–water partition coefficient (Wildman–Crippen LogP) is 3.31. The van der Waals surface area contributed by atoms with Crippen LogP contribution in [0.5, 0.6) is 5.75 Å². The molecule has 0 radical (unpaired) electrons. The maximum Gasteiger partial charge on any atom is 0.387 e. The molecular formula is C10H8Cl2F2O3. The first kappa shape index (κ1) is 14.0. The molecule has 17 heavy (non-hydrogen) atoms. The fourth-order valence-electron chi connectivity index (χ4n) is 1.14. The summed E-state index contributed by atoms with van der Waals surface area (Å²) in [5.41, 5.74) is 0.193. The van der Waals surface area contributed by atoms with Crippen LogP contribution in [0.25, 0.3) is 0 Å². The topological polar surface area (TPSA) is 35.5 Å². The summed E-state index contributed by atoms with van der Waals surface area (Å²) in [6.07, 6.45) is -0.214. The van der Waals surface area contributed by atoms with Crippen LogP contribution < -0.4 is 4.74 Å². The van der Waals surface area contributed by atoms with Crippen LogP contribution in [0.15, 0.2) is 12.1 Å². The van der Waals surface area contributed by atoms with Crippen molar-refractivity contribution in [3.05, 3.63) is 27.7 Å². The molecule has 0 saturated heterocycles. The zero-order valence-corrected chi connectivity index (χ0v) is 10.2. The van der Waals surface area contributed by atoms with Crippen molar-refractivity contribution in [3.63, 3.8) is 0 Å². The Kier molecular flexibility index (Phi) is 4.96. The highest BCUT2D eigenvalue weighted by atomic mass is 35.5. The van der Waals surface area contributed by atoms with Gasteiger partial charge in [0.1, 0.15) is 5.75 Å². The molecule has 94 valence electrons. The minimum absolute atomic E-state index is 0.122. The molecule has 0 bridgehead atoms. The van der Waals surface area contributed by atoms with E-state index in [-0.39, 0.29) is 27.8 Å². The van der Waals surface area contributed by atoms with Gasteiger partial charge in [-0.05, 0) is 12.1 Å². The average Bonchev–Trinajstić information content (AvgIpc) is 2.27. The number of esters is 1. The molecule has 1 aromatic carbocycles. The van der Waals surface area contributed by atoms with Crippen molar-refractivity contribution in [1.82, 2.24) is 0 Å². The maximum absolute atomic E-state index is 12.1. The van der Waals surface area contributed by atoms with E-state index in [1.807, 2.05) is 0 Å². The Labute approximate surface area is 106 Å². The molecule has 0 spiro atoms. The summed E-state index contributed by atoms with van der Waals surface area (Å²) in [5.74, 6) is -0.812. The number of hydrogen-bond donors (Lipinski definition) is 0. The van der Waals surface area contributed by atoms with Gasteiger partial charge < -0.3 is 9.47 Å². The molecule has 0 saturated carbocycles. The van der Waals surface area contributed by atoms with Gasteiger partial charge in [-0.15, -0.1) is 0 Å². The number of ether oxygens (including phenoxy) is 2. The van der Waals surface area contributed by atoms with Gasteiger partial charge in [0.05, 0.1) is 18.6 Å². The summed E-state index contributed by atoms with van der Waals surface area (Å²) in [5, 5.41) is 0.0604. The Hall–Kier alpha value is -1.07. The molecule has 0 fully saturated rings. The second kappa shape index (κ2) is 6.02. The van der Waals surface area contributed by atoms with Gasteiger partial charge in [0.2, 0.25) is 0 Å². The van der Waals surface area contributed by atoms with Gasteiger partial charge in [0.15, 0.2) is 0 Å². The highest BCUT2D eigenvalue weighted by Crippen LogP contribution is 2.34. The SMILES string of the molecule is COC(=O)Cc1c(Cl)ccc(OC(F)F)c1Cl. The van der Waals surface area contributed by atoms with Gasteiger partial charge in [-0.1, -0.05) is 23.2 Å². The van der Waals surface area contributed by atoms with Crippen molar-refractivity contribution < 1.29 is 23.0 Å². The summed E-state index contributed by atoms with van der Waals surface area (Å²) in [7, 11) is 1.20. The zero-order chi connectivity index (χ0) is 13.0. The van der Waals surface area contributed by atoms with E-state index in [2.05, 4.69) is 9.47 Å². The molecular weight excluding hydrogens is 277 g/mol. The summed E-state index contributed by atoms with van der Waals surface area (Å²) in [6.45, 7) is -3.00. The number of carbonyl (C=O) groups excluding carboxylic acids is 1. The summed E-state index contributed by atoms with van der Waals surface area (Å²) >= 11 is 11.6. The van der Waals surface area contributed by atoms with Crippen LogP contribution in [-0.2, 0) is 16.0 Å². The average molecular weight is 285 g/mol. The molecule has 0 amide bonds. The largest absolute Gasteiger partial charge is 0.469 e. The van der Waals surface area contributed by atoms with Crippen molar-refractivity contribution in [3.8, 4) is 5.75 Å². The first-order chi connectivity index (χ1) is 7.95. The number of halogens is 4. The summed E-state index contributed by atoms with van der Waals surface area (Å²) < 4.78 is 32.7. The molecule has 3 nitrogen and oxygen atoms in total. The van der Waals surface area contributed by atoms with Crippen LogP contribution in [0.2, 0.25) is 10.0 Å². The Bertz CT molecular complexity index is 424. The first-order valence-corrected chi connectivity index (χ1v) is 5.19. The number of hydrogen-bond acceptors (Lipinski definition) is 3. The maximum atomic E-state index is 12.1. The van der Waals surface area contributed by atoms with E-state index in [1.165, 1.54) is 19.2 Å². The van der Waals surface area contributed by atoms with Crippen LogP contribution in [0.4, 0.5) is 8.78 Å². The highest BCUT2D eigenvalue weighted by molar-refractivity contribution is 6.37. The van der Waals surface area contributed by atoms with Crippen LogP contribution in [0, 0.1) is 0 Å². The number of rotatable bonds is 4. The van der Waals surface area contributed by atoms with Gasteiger partial charge in [-0.25, -0.2) is 0 Å². The van der Waals surface area contributed by atoms with Crippen LogP contribution in [0.3, 0.4) is 0 Å². The molecule has 0 aromatic heterocycles. The van der Waals surface area contributed by atoms with Gasteiger partial charge in [-0.2, -0.15) is 8.78 Å². The number of alkyl halides is 2. The zero-order valence-electron chi connectivity index (χ0n) is 8.68. The van der Waals surface area contributed by atoms with Gasteiger partial charge in [0.25, 0.3) is 0 Å². The van der Waals surface area contributed by atoms with Gasteiger partial charge in [-0.3, -0.25) is 4.79 Å². The molecule has 0 unspecified atom stereocenters. The normalized spacial score (nSPS) is 10.5. The van der Waals surface area contributed by atoms with E-state index >= 15 is 0 Å². The fourth-order valence-corrected chi connectivity index (χ4v) is 1.69. The lowest BCUT2D eigenvalue weighted by Crippen LogP contribution is -2.08. The standard InChI is InChI=1S/C10H8Cl2F2O3/c1-16-8(15)4-5-6(11)2-3-7(9(5)12)17-10(13)14/h2-3,10H,4H2,1H3. The lowest BCUT2D eigenvalue weighted by atomic mass is 10.1. The Morgan fingerprint density at radius 1 is 1.41 bits per heavy atom. The first-order valence-electron chi connectivity index (χ1n) is 4.44. The van der Waals surface area contributed by atoms with Crippen molar-refractivity contribution in [2.45, 2.75) is 13.0 Å². The molecule has 1 rings (SSSR count). The smallest absolute Gasteiger partial charge is 0.387 e. The summed E-state index contributed by atoms with van der Waals surface area (Å²) in [6, 6.07) is 2.53. The minimum atomic E-state index is -3.00. The van der Waals surface area contributed by atoms with Gasteiger partial charge >= 0.3 is 12.6 Å². The molecule has 0 heterocycles. The number of benzene rings is 1. The lowest BCUT2D eigenvalue weighted by Gasteiger charge is -2.11. The Balaban J connectivity index is 3.06. The quantitative estimate of drug-likeness (QED) is 0.796. The molecule has 1 aromatic rings. The molecule has 7 heteroatoms. The monoisotopic (exact) mass is 284 g/mol. The van der Waals surface area contributed by atoms with E-state index in [0.29, 0.717) is 0 Å². The third-order valence-electron chi connectivity index (χ3n) is 1.92. The predicted molar refractivity (Wildman–Crippen MR) is 58.8 cm³/mol.